The quantitative estimate of drug-likeness (QED) is 0.102. The highest BCUT2D eigenvalue weighted by atomic mass is 35.5. The Kier molecular flexibility index (Phi) is 12.9. The molecule has 2 amide bonds. The molecule has 0 saturated carbocycles. The number of carboxylic acid groups (broad SMARTS) is 1. The van der Waals surface area contributed by atoms with E-state index in [2.05, 4.69) is 21.7 Å². The first-order valence-corrected chi connectivity index (χ1v) is 22.7. The van der Waals surface area contributed by atoms with Crippen LogP contribution in [0.4, 0.5) is 5.13 Å². The minimum Gasteiger partial charge on any atom is -0.489 e. The van der Waals surface area contributed by atoms with Gasteiger partial charge in [-0.25, -0.2) is 18.2 Å². The van der Waals surface area contributed by atoms with Gasteiger partial charge in [-0.15, -0.1) is 0 Å². The van der Waals surface area contributed by atoms with Crippen molar-refractivity contribution in [3.63, 3.8) is 0 Å². The standard InChI is InChI=1S/C46H37Cl2N5O9S2/c1-26(54)51-46-50-22-43(63-46)64(58,59)53-23-34-20-41-40(61-25-42(62-41)32-11-13-35(14-12-32)60-24-29-6-15-36(47)37(48)16-29)19-33(34)18-39(53)44(55)52-38(45(56)57)17-27-2-7-30(8-3-27)31-9-4-28(21-49)5-10-31/h2-16,19-20,22,38-39,42H,17-18,23-25H2,1H3,(H,52,55)(H,56,57)(H,50,51,54)/t38-,39-,42?/m0/s1. The van der Waals surface area contributed by atoms with Crippen LogP contribution < -0.4 is 24.8 Å². The van der Waals surface area contributed by atoms with Gasteiger partial charge < -0.3 is 30.0 Å². The SMILES string of the molecule is CC(=O)Nc1ncc(S(=O)(=O)N2Cc3cc4c(cc3C[C@H]2C(=O)N[C@@H](Cc2ccc(-c3ccc(C#N)cc3)cc2)C(=O)O)OCC(c2ccc(OCc3ccc(Cl)c(Cl)c3)cc2)O4)s1. The van der Waals surface area contributed by atoms with Gasteiger partial charge in [-0.05, 0) is 93.9 Å². The zero-order valence-corrected chi connectivity index (χ0v) is 36.9. The summed E-state index contributed by atoms with van der Waals surface area (Å²) in [6.45, 7) is 1.44. The number of anilines is 1. The molecule has 3 heterocycles. The molecule has 3 N–H and O–H groups in total. The van der Waals surface area contributed by atoms with Crippen LogP contribution in [0.1, 0.15) is 46.4 Å². The van der Waals surface area contributed by atoms with Crippen LogP contribution >= 0.6 is 34.5 Å². The lowest BCUT2D eigenvalue weighted by Crippen LogP contribution is -2.55. The highest BCUT2D eigenvalue weighted by Gasteiger charge is 2.42. The molecular formula is C46H37Cl2N5O9S2. The Morgan fingerprint density at radius 3 is 2.30 bits per heavy atom. The first-order chi connectivity index (χ1) is 30.7. The summed E-state index contributed by atoms with van der Waals surface area (Å²) in [7, 11) is -4.45. The number of nitrogens with zero attached hydrogens (tertiary/aromatic N) is 3. The van der Waals surface area contributed by atoms with Crippen LogP contribution in [0, 0.1) is 11.3 Å². The molecule has 0 fully saturated rings. The number of fused-ring (bicyclic) bond motifs is 2. The van der Waals surface area contributed by atoms with Gasteiger partial charge in [0.15, 0.2) is 26.9 Å². The Bertz CT molecular complexity index is 2910. The van der Waals surface area contributed by atoms with Gasteiger partial charge in [-0.3, -0.25) is 9.59 Å². The van der Waals surface area contributed by atoms with Crippen molar-refractivity contribution >= 4 is 67.5 Å². The van der Waals surface area contributed by atoms with Gasteiger partial charge >= 0.3 is 5.97 Å². The molecule has 0 aliphatic carbocycles. The smallest absolute Gasteiger partial charge is 0.326 e. The molecule has 3 atom stereocenters. The van der Waals surface area contributed by atoms with Gasteiger partial charge in [0.1, 0.15) is 31.0 Å². The van der Waals surface area contributed by atoms with Crippen LogP contribution in [0.5, 0.6) is 17.2 Å². The van der Waals surface area contributed by atoms with E-state index in [9.17, 15) is 27.9 Å². The summed E-state index contributed by atoms with van der Waals surface area (Å²) in [4.78, 5) is 42.6. The first-order valence-electron chi connectivity index (χ1n) is 19.7. The Morgan fingerprint density at radius 2 is 1.62 bits per heavy atom. The molecule has 2 aliphatic rings. The number of carbonyl (C=O) groups is 3. The van der Waals surface area contributed by atoms with E-state index in [1.165, 1.54) is 6.92 Å². The summed E-state index contributed by atoms with van der Waals surface area (Å²) in [5.74, 6) is -1.17. The number of rotatable bonds is 13. The van der Waals surface area contributed by atoms with Crippen molar-refractivity contribution in [3.8, 4) is 34.4 Å². The van der Waals surface area contributed by atoms with Crippen molar-refractivity contribution in [2.45, 2.75) is 55.3 Å². The third kappa shape index (κ3) is 9.84. The summed E-state index contributed by atoms with van der Waals surface area (Å²) in [5.41, 5.74) is 5.67. The van der Waals surface area contributed by atoms with Gasteiger partial charge in [-0.1, -0.05) is 89.1 Å². The molecule has 1 unspecified atom stereocenters. The van der Waals surface area contributed by atoms with Crippen molar-refractivity contribution in [3.05, 3.63) is 153 Å². The summed E-state index contributed by atoms with van der Waals surface area (Å²) in [6, 6.07) is 29.5. The number of nitriles is 1. The van der Waals surface area contributed by atoms with E-state index in [4.69, 9.17) is 42.7 Å². The van der Waals surface area contributed by atoms with E-state index in [1.807, 2.05) is 54.6 Å². The lowest BCUT2D eigenvalue weighted by molar-refractivity contribution is -0.142. The van der Waals surface area contributed by atoms with Crippen LogP contribution in [0.2, 0.25) is 10.0 Å². The zero-order valence-electron chi connectivity index (χ0n) is 33.8. The van der Waals surface area contributed by atoms with Crippen molar-refractivity contribution < 1.29 is 42.1 Å². The van der Waals surface area contributed by atoms with Crippen molar-refractivity contribution in [1.29, 1.82) is 5.26 Å². The average molecular weight is 939 g/mol. The maximum Gasteiger partial charge on any atom is 0.326 e. The Labute approximate surface area is 382 Å². The number of amides is 2. The third-order valence-corrected chi connectivity index (χ3v) is 14.6. The fourth-order valence-corrected chi connectivity index (χ4v) is 10.4. The number of thiazole rings is 1. The molecule has 2 aliphatic heterocycles. The molecule has 18 heteroatoms. The van der Waals surface area contributed by atoms with E-state index in [-0.39, 0.29) is 41.9 Å². The Balaban J connectivity index is 1.01. The first kappa shape index (κ1) is 44.1. The number of benzene rings is 5. The highest BCUT2D eigenvalue weighted by molar-refractivity contribution is 7.91. The van der Waals surface area contributed by atoms with Crippen LogP contribution in [0.3, 0.4) is 0 Å². The molecule has 1 aromatic heterocycles. The number of carboxylic acids is 1. The number of aliphatic carboxylic acids is 1. The highest BCUT2D eigenvalue weighted by Crippen LogP contribution is 2.42. The minimum atomic E-state index is -4.45. The van der Waals surface area contributed by atoms with Crippen LogP contribution in [-0.4, -0.2) is 59.3 Å². The second-order valence-electron chi connectivity index (χ2n) is 15.0. The van der Waals surface area contributed by atoms with Gasteiger partial charge in [0.25, 0.3) is 10.0 Å². The number of nitrogens with one attached hydrogen (secondary N) is 2. The van der Waals surface area contributed by atoms with Crippen LogP contribution in [-0.2, 0) is 50.4 Å². The molecule has 14 nitrogen and oxygen atoms in total. The minimum absolute atomic E-state index is 0.0531. The molecule has 5 aromatic carbocycles. The summed E-state index contributed by atoms with van der Waals surface area (Å²) in [6.07, 6.45) is 0.387. The molecular weight excluding hydrogens is 902 g/mol. The van der Waals surface area contributed by atoms with E-state index in [0.717, 1.165) is 44.1 Å². The lowest BCUT2D eigenvalue weighted by atomic mass is 9.94. The fourth-order valence-electron chi connectivity index (χ4n) is 7.32. The number of sulfonamides is 1. The van der Waals surface area contributed by atoms with Gasteiger partial charge in [0, 0.05) is 19.9 Å². The largest absolute Gasteiger partial charge is 0.489 e. The van der Waals surface area contributed by atoms with E-state index >= 15 is 0 Å². The number of ether oxygens (including phenoxy) is 3. The second-order valence-corrected chi connectivity index (χ2v) is 19.0. The molecule has 0 radical (unpaired) electrons. The average Bonchev–Trinajstić information content (AvgIpc) is 3.77. The Hall–Kier alpha value is -6.48. The van der Waals surface area contributed by atoms with Crippen molar-refractivity contribution in [2.75, 3.05) is 11.9 Å². The fraction of sp³-hybridized carbons (Fsp3) is 0.196. The molecule has 0 saturated heterocycles. The number of hydrogen-bond acceptors (Lipinski definition) is 11. The maximum atomic E-state index is 14.4. The van der Waals surface area contributed by atoms with Crippen LogP contribution in [0.25, 0.3) is 11.1 Å². The topological polar surface area (TPSA) is 197 Å². The molecule has 0 spiro atoms. The van der Waals surface area contributed by atoms with E-state index < -0.39 is 46.0 Å². The second kappa shape index (κ2) is 18.7. The predicted molar refractivity (Wildman–Crippen MR) is 239 cm³/mol. The zero-order chi connectivity index (χ0) is 45.1. The number of aromatic nitrogens is 1. The molecule has 6 aromatic rings. The van der Waals surface area contributed by atoms with Gasteiger partial charge in [0.2, 0.25) is 11.8 Å². The molecule has 64 heavy (non-hydrogen) atoms. The predicted octanol–water partition coefficient (Wildman–Crippen LogP) is 7.97. The van der Waals surface area contributed by atoms with E-state index in [1.54, 1.807) is 48.5 Å². The number of carbonyl (C=O) groups excluding carboxylic acids is 2. The number of halogens is 2. The summed E-state index contributed by atoms with van der Waals surface area (Å²) >= 11 is 12.9. The molecule has 0 bridgehead atoms. The maximum absolute atomic E-state index is 14.4. The Morgan fingerprint density at radius 1 is 0.938 bits per heavy atom. The lowest BCUT2D eigenvalue weighted by Gasteiger charge is -2.36. The molecule has 8 rings (SSSR count). The summed E-state index contributed by atoms with van der Waals surface area (Å²) in [5, 5.41) is 25.4. The normalized spacial score (nSPS) is 16.2. The van der Waals surface area contributed by atoms with Crippen molar-refractivity contribution in [2.24, 2.45) is 0 Å². The van der Waals surface area contributed by atoms with Crippen LogP contribution in [0.15, 0.2) is 114 Å². The monoisotopic (exact) mass is 937 g/mol. The van der Waals surface area contributed by atoms with Gasteiger partial charge in [0.05, 0.1) is 27.9 Å². The van der Waals surface area contributed by atoms with Gasteiger partial charge in [-0.2, -0.15) is 9.57 Å². The summed E-state index contributed by atoms with van der Waals surface area (Å²) < 4.78 is 48.1. The van der Waals surface area contributed by atoms with Crippen molar-refractivity contribution in [1.82, 2.24) is 14.6 Å². The number of hydrogen-bond donors (Lipinski definition) is 3. The third-order valence-electron chi connectivity index (χ3n) is 10.6. The van der Waals surface area contributed by atoms with E-state index in [0.29, 0.717) is 49.5 Å². The molecule has 326 valence electrons.